The van der Waals surface area contributed by atoms with E-state index in [0.717, 1.165) is 10.0 Å². The van der Waals surface area contributed by atoms with Crippen LogP contribution in [0, 0.1) is 0 Å². The van der Waals surface area contributed by atoms with Gasteiger partial charge in [0.2, 0.25) is 0 Å². The number of esters is 1. The Kier molecular flexibility index (Phi) is 3.96. The van der Waals surface area contributed by atoms with Crippen molar-refractivity contribution < 1.29 is 19.4 Å². The maximum Gasteiger partial charge on any atom is 0.425 e. The van der Waals surface area contributed by atoms with Gasteiger partial charge in [-0.05, 0) is 11.6 Å². The molecule has 0 saturated carbocycles. The summed E-state index contributed by atoms with van der Waals surface area (Å²) in [4.78, 5) is 25.2. The van der Waals surface area contributed by atoms with Gasteiger partial charge in [-0.3, -0.25) is 4.57 Å². The highest BCUT2D eigenvalue weighted by atomic mass is 79.9. The van der Waals surface area contributed by atoms with E-state index in [9.17, 15) is 9.59 Å². The smallest absolute Gasteiger partial charge is 0.425 e. The Morgan fingerprint density at radius 1 is 1.37 bits per heavy atom. The Bertz CT molecular complexity index is 624. The first kappa shape index (κ1) is 13.3. The molecule has 7 heteroatoms. The van der Waals surface area contributed by atoms with Crippen molar-refractivity contribution in [2.45, 2.75) is 6.54 Å². The molecular formula is C12H9BrN2O4. The van der Waals surface area contributed by atoms with E-state index < -0.39 is 11.9 Å². The summed E-state index contributed by atoms with van der Waals surface area (Å²) in [5.74, 6) is -3.02. The highest BCUT2D eigenvalue weighted by Crippen LogP contribution is 2.19. The Labute approximate surface area is 116 Å². The molecule has 1 aromatic heterocycles. The van der Waals surface area contributed by atoms with Gasteiger partial charge in [0.05, 0.1) is 6.54 Å². The lowest BCUT2D eigenvalue weighted by molar-refractivity contribution is -0.158. The van der Waals surface area contributed by atoms with Gasteiger partial charge < -0.3 is 9.84 Å². The Morgan fingerprint density at radius 2 is 2.11 bits per heavy atom. The fourth-order valence-corrected chi connectivity index (χ4v) is 1.87. The van der Waals surface area contributed by atoms with E-state index in [1.54, 1.807) is 10.8 Å². The molecule has 0 aliphatic rings. The van der Waals surface area contributed by atoms with Crippen LogP contribution in [0.1, 0.15) is 5.56 Å². The minimum Gasteiger partial charge on any atom is -0.473 e. The molecule has 0 radical (unpaired) electrons. The maximum atomic E-state index is 11.0. The van der Waals surface area contributed by atoms with Crippen LogP contribution in [0.2, 0.25) is 0 Å². The van der Waals surface area contributed by atoms with Gasteiger partial charge in [-0.25, -0.2) is 14.6 Å². The largest absolute Gasteiger partial charge is 0.473 e. The average Bonchev–Trinajstić information content (AvgIpc) is 2.79. The van der Waals surface area contributed by atoms with Crippen LogP contribution in [-0.2, 0) is 16.1 Å². The van der Waals surface area contributed by atoms with Crippen LogP contribution in [0.4, 0.5) is 0 Å². The van der Waals surface area contributed by atoms with Crippen molar-refractivity contribution in [2.24, 2.45) is 0 Å². The third-order valence-corrected chi connectivity index (χ3v) is 3.11. The number of carbonyl (C=O) groups is 2. The molecule has 0 amide bonds. The number of hydrogen-bond donors (Lipinski definition) is 1. The summed E-state index contributed by atoms with van der Waals surface area (Å²) in [5, 5.41) is 8.49. The molecule has 1 heterocycles. The SMILES string of the molecule is O=C(O)C(=O)Oc1nccn1Cc1ccccc1Br. The molecule has 98 valence electrons. The number of ether oxygens (including phenoxy) is 1. The lowest BCUT2D eigenvalue weighted by Crippen LogP contribution is -2.21. The number of hydrogen-bond acceptors (Lipinski definition) is 4. The fourth-order valence-electron chi connectivity index (χ4n) is 1.46. The number of carbonyl (C=O) groups excluding carboxylic acids is 1. The zero-order valence-electron chi connectivity index (χ0n) is 9.62. The van der Waals surface area contributed by atoms with Gasteiger partial charge in [0.1, 0.15) is 0 Å². The Balaban J connectivity index is 2.19. The molecule has 0 aliphatic heterocycles. The van der Waals surface area contributed by atoms with Crippen LogP contribution >= 0.6 is 15.9 Å². The lowest BCUT2D eigenvalue weighted by atomic mass is 10.2. The van der Waals surface area contributed by atoms with Crippen molar-refractivity contribution in [1.82, 2.24) is 9.55 Å². The first-order valence-corrected chi connectivity index (χ1v) is 6.07. The van der Waals surface area contributed by atoms with E-state index in [1.807, 2.05) is 24.3 Å². The molecule has 2 rings (SSSR count). The third kappa shape index (κ3) is 3.19. The number of nitrogens with zero attached hydrogens (tertiary/aromatic N) is 2. The van der Waals surface area contributed by atoms with Crippen LogP contribution in [0.5, 0.6) is 6.01 Å². The second-order valence-corrected chi connectivity index (χ2v) is 4.48. The van der Waals surface area contributed by atoms with E-state index in [0.29, 0.717) is 6.54 Å². The standard InChI is InChI=1S/C12H9BrN2O4/c13-9-4-2-1-3-8(9)7-15-6-5-14-12(15)19-11(18)10(16)17/h1-6H,7H2,(H,16,17). The molecule has 0 fully saturated rings. The van der Waals surface area contributed by atoms with Gasteiger partial charge >= 0.3 is 17.9 Å². The highest BCUT2D eigenvalue weighted by Gasteiger charge is 2.17. The number of imidazole rings is 1. The topological polar surface area (TPSA) is 81.4 Å². The highest BCUT2D eigenvalue weighted by molar-refractivity contribution is 9.10. The second-order valence-electron chi connectivity index (χ2n) is 3.62. The van der Waals surface area contributed by atoms with Crippen molar-refractivity contribution in [3.05, 3.63) is 46.7 Å². The molecule has 0 saturated heterocycles. The molecule has 6 nitrogen and oxygen atoms in total. The quantitative estimate of drug-likeness (QED) is 0.686. The predicted octanol–water partition coefficient (Wildman–Crippen LogP) is 1.68. The molecule has 0 atom stereocenters. The van der Waals surface area contributed by atoms with Crippen molar-refractivity contribution in [1.29, 1.82) is 0 Å². The van der Waals surface area contributed by atoms with E-state index in [1.165, 1.54) is 6.20 Å². The second kappa shape index (κ2) is 5.66. The fraction of sp³-hybridized carbons (Fsp3) is 0.0833. The van der Waals surface area contributed by atoms with Gasteiger partial charge in [-0.2, -0.15) is 0 Å². The van der Waals surface area contributed by atoms with Gasteiger partial charge in [-0.1, -0.05) is 34.1 Å². The van der Waals surface area contributed by atoms with Crippen LogP contribution in [0.15, 0.2) is 41.1 Å². The number of halogens is 1. The number of aromatic nitrogens is 2. The molecular weight excluding hydrogens is 316 g/mol. The summed E-state index contributed by atoms with van der Waals surface area (Å²) in [6.07, 6.45) is 3.03. The van der Waals surface area contributed by atoms with Crippen molar-refractivity contribution in [2.75, 3.05) is 0 Å². The van der Waals surface area contributed by atoms with E-state index in [2.05, 4.69) is 25.7 Å². The molecule has 0 aliphatic carbocycles. The number of aliphatic carboxylic acids is 1. The molecule has 1 aromatic carbocycles. The summed E-state index contributed by atoms with van der Waals surface area (Å²) in [6, 6.07) is 7.48. The van der Waals surface area contributed by atoms with Gasteiger partial charge in [0, 0.05) is 16.9 Å². The van der Waals surface area contributed by atoms with Crippen LogP contribution in [-0.4, -0.2) is 26.6 Å². The van der Waals surface area contributed by atoms with Gasteiger partial charge in [0.15, 0.2) is 0 Å². The van der Waals surface area contributed by atoms with Crippen LogP contribution in [0.25, 0.3) is 0 Å². The molecule has 19 heavy (non-hydrogen) atoms. The summed E-state index contributed by atoms with van der Waals surface area (Å²) >= 11 is 3.41. The minimum absolute atomic E-state index is 0.0526. The van der Waals surface area contributed by atoms with Crippen molar-refractivity contribution in [3.8, 4) is 6.01 Å². The predicted molar refractivity (Wildman–Crippen MR) is 68.7 cm³/mol. The molecule has 0 unspecified atom stereocenters. The van der Waals surface area contributed by atoms with Crippen molar-refractivity contribution >= 4 is 27.9 Å². The average molecular weight is 325 g/mol. The summed E-state index contributed by atoms with van der Waals surface area (Å²) in [7, 11) is 0. The number of carboxylic acids is 1. The first-order chi connectivity index (χ1) is 9.08. The normalized spacial score (nSPS) is 10.2. The van der Waals surface area contributed by atoms with Crippen molar-refractivity contribution in [3.63, 3.8) is 0 Å². The third-order valence-electron chi connectivity index (χ3n) is 2.33. The summed E-state index contributed by atoms with van der Waals surface area (Å²) in [5.41, 5.74) is 0.952. The molecule has 2 aromatic rings. The zero-order valence-corrected chi connectivity index (χ0v) is 11.2. The van der Waals surface area contributed by atoms with E-state index in [4.69, 9.17) is 5.11 Å². The molecule has 0 bridgehead atoms. The number of carboxylic acid groups (broad SMARTS) is 1. The van der Waals surface area contributed by atoms with Gasteiger partial charge in [0.25, 0.3) is 0 Å². The monoisotopic (exact) mass is 324 g/mol. The maximum absolute atomic E-state index is 11.0. The number of benzene rings is 1. The van der Waals surface area contributed by atoms with Crippen LogP contribution < -0.4 is 4.74 Å². The van der Waals surface area contributed by atoms with E-state index in [-0.39, 0.29) is 6.01 Å². The minimum atomic E-state index is -1.66. The summed E-state index contributed by atoms with van der Waals surface area (Å²) in [6.45, 7) is 0.406. The zero-order chi connectivity index (χ0) is 13.8. The summed E-state index contributed by atoms with van der Waals surface area (Å²) < 4.78 is 7.10. The van der Waals surface area contributed by atoms with E-state index >= 15 is 0 Å². The van der Waals surface area contributed by atoms with Gasteiger partial charge in [-0.15, -0.1) is 0 Å². The van der Waals surface area contributed by atoms with Crippen LogP contribution in [0.3, 0.4) is 0 Å². The lowest BCUT2D eigenvalue weighted by Gasteiger charge is -2.08. The Morgan fingerprint density at radius 3 is 2.79 bits per heavy atom. The molecule has 1 N–H and O–H groups in total. The Hall–Kier alpha value is -2.15. The molecule has 0 spiro atoms. The first-order valence-electron chi connectivity index (χ1n) is 5.27. The number of rotatable bonds is 3.